The van der Waals surface area contributed by atoms with E-state index in [2.05, 4.69) is 5.32 Å². The lowest BCUT2D eigenvalue weighted by Gasteiger charge is -2.08. The molecular weight excluding hydrogens is 258 g/mol. The number of hydrogen-bond donors (Lipinski definition) is 1. The predicted molar refractivity (Wildman–Crippen MR) is 72.6 cm³/mol. The van der Waals surface area contributed by atoms with Gasteiger partial charge in [0.2, 0.25) is 0 Å². The van der Waals surface area contributed by atoms with Crippen LogP contribution >= 0.6 is 11.6 Å². The van der Waals surface area contributed by atoms with Crippen molar-refractivity contribution in [2.45, 2.75) is 30.5 Å². The van der Waals surface area contributed by atoms with Crippen LogP contribution in [0, 0.1) is 0 Å². The van der Waals surface area contributed by atoms with Gasteiger partial charge in [-0.2, -0.15) is 0 Å². The largest absolute Gasteiger partial charge is 0.385 e. The number of alkyl halides is 1. The molecule has 0 aliphatic heterocycles. The summed E-state index contributed by atoms with van der Waals surface area (Å²) in [4.78, 5) is 0.372. The molecular formula is C12H18ClNO2S. The second-order valence-corrected chi connectivity index (χ2v) is 6.95. The minimum absolute atomic E-state index is 0.129. The van der Waals surface area contributed by atoms with Crippen molar-refractivity contribution in [3.63, 3.8) is 0 Å². The highest BCUT2D eigenvalue weighted by Crippen LogP contribution is 2.15. The van der Waals surface area contributed by atoms with Gasteiger partial charge in [0.05, 0.1) is 10.6 Å². The van der Waals surface area contributed by atoms with E-state index >= 15 is 0 Å². The molecule has 17 heavy (non-hydrogen) atoms. The van der Waals surface area contributed by atoms with Crippen LogP contribution in [0.2, 0.25) is 0 Å². The van der Waals surface area contributed by atoms with Crippen LogP contribution in [0.5, 0.6) is 0 Å². The molecule has 0 aliphatic carbocycles. The summed E-state index contributed by atoms with van der Waals surface area (Å²) in [6.45, 7) is 4.37. The van der Waals surface area contributed by atoms with Gasteiger partial charge >= 0.3 is 0 Å². The zero-order valence-electron chi connectivity index (χ0n) is 10.1. The molecule has 96 valence electrons. The summed E-state index contributed by atoms with van der Waals surface area (Å²) in [6, 6.07) is 6.82. The highest BCUT2D eigenvalue weighted by atomic mass is 35.5. The van der Waals surface area contributed by atoms with E-state index in [0.29, 0.717) is 4.90 Å². The van der Waals surface area contributed by atoms with Gasteiger partial charge in [0.1, 0.15) is 0 Å². The van der Waals surface area contributed by atoms with Crippen LogP contribution < -0.4 is 5.32 Å². The highest BCUT2D eigenvalue weighted by molar-refractivity contribution is 7.91. The second kappa shape index (κ2) is 6.26. The Hall–Kier alpha value is -0.740. The smallest absolute Gasteiger partial charge is 0.178 e. The second-order valence-electron chi connectivity index (χ2n) is 3.92. The van der Waals surface area contributed by atoms with Gasteiger partial charge in [0, 0.05) is 17.6 Å². The maximum Gasteiger partial charge on any atom is 0.178 e. The summed E-state index contributed by atoms with van der Waals surface area (Å²) in [5.74, 6) is 0.129. The minimum Gasteiger partial charge on any atom is -0.385 e. The lowest BCUT2D eigenvalue weighted by molar-refractivity contribution is 0.597. The molecule has 0 aliphatic rings. The number of benzene rings is 1. The average Bonchev–Trinajstić information content (AvgIpc) is 2.29. The van der Waals surface area contributed by atoms with E-state index in [9.17, 15) is 8.42 Å². The number of halogens is 1. The van der Waals surface area contributed by atoms with E-state index in [4.69, 9.17) is 11.6 Å². The Labute approximate surface area is 108 Å². The minimum atomic E-state index is -3.10. The van der Waals surface area contributed by atoms with E-state index in [1.807, 2.05) is 6.92 Å². The van der Waals surface area contributed by atoms with E-state index in [1.165, 1.54) is 0 Å². The van der Waals surface area contributed by atoms with Gasteiger partial charge < -0.3 is 5.32 Å². The van der Waals surface area contributed by atoms with Crippen LogP contribution in [0.4, 0.5) is 5.69 Å². The molecule has 3 nitrogen and oxygen atoms in total. The lowest BCUT2D eigenvalue weighted by Crippen LogP contribution is -2.07. The van der Waals surface area contributed by atoms with Crippen LogP contribution in [0.25, 0.3) is 0 Å². The maximum atomic E-state index is 11.6. The molecule has 1 N–H and O–H groups in total. The van der Waals surface area contributed by atoms with Crippen LogP contribution in [-0.2, 0) is 9.84 Å². The molecule has 1 atom stereocenters. The van der Waals surface area contributed by atoms with E-state index in [1.54, 1.807) is 31.2 Å². The SMILES string of the molecule is CCS(=O)(=O)c1ccc(NCCC(C)Cl)cc1. The molecule has 0 aromatic heterocycles. The van der Waals surface area contributed by atoms with Crippen LogP contribution in [0.3, 0.4) is 0 Å². The van der Waals surface area contributed by atoms with E-state index in [-0.39, 0.29) is 11.1 Å². The normalized spacial score (nSPS) is 13.4. The van der Waals surface area contributed by atoms with Gasteiger partial charge in [-0.15, -0.1) is 11.6 Å². The van der Waals surface area contributed by atoms with Crippen LogP contribution in [-0.4, -0.2) is 26.1 Å². The number of nitrogens with one attached hydrogen (secondary N) is 1. The molecule has 0 fully saturated rings. The Morgan fingerprint density at radius 1 is 1.29 bits per heavy atom. The van der Waals surface area contributed by atoms with Crippen molar-refractivity contribution in [1.29, 1.82) is 0 Å². The summed E-state index contributed by atoms with van der Waals surface area (Å²) < 4.78 is 23.2. The molecule has 0 spiro atoms. The fraction of sp³-hybridized carbons (Fsp3) is 0.500. The van der Waals surface area contributed by atoms with Crippen LogP contribution in [0.15, 0.2) is 29.2 Å². The number of hydrogen-bond acceptors (Lipinski definition) is 3. The quantitative estimate of drug-likeness (QED) is 0.812. The Morgan fingerprint density at radius 2 is 1.88 bits per heavy atom. The Kier molecular flexibility index (Phi) is 5.28. The molecule has 1 aromatic carbocycles. The van der Waals surface area contributed by atoms with Crippen molar-refractivity contribution >= 4 is 27.1 Å². The molecule has 0 saturated heterocycles. The number of sulfone groups is 1. The van der Waals surface area contributed by atoms with Gasteiger partial charge in [-0.3, -0.25) is 0 Å². The van der Waals surface area contributed by atoms with Gasteiger partial charge in [-0.05, 0) is 37.6 Å². The predicted octanol–water partition coefficient (Wildman–Crippen LogP) is 2.91. The Balaban J connectivity index is 2.63. The first-order valence-electron chi connectivity index (χ1n) is 5.66. The Bertz CT molecular complexity index is 440. The summed E-state index contributed by atoms with van der Waals surface area (Å²) in [7, 11) is -3.10. The fourth-order valence-electron chi connectivity index (χ4n) is 1.36. The topological polar surface area (TPSA) is 46.2 Å². The third kappa shape index (κ3) is 4.56. The molecule has 1 unspecified atom stereocenters. The first-order chi connectivity index (χ1) is 7.95. The van der Waals surface area contributed by atoms with Gasteiger partial charge in [-0.1, -0.05) is 6.92 Å². The summed E-state index contributed by atoms with van der Waals surface area (Å²) >= 11 is 5.83. The monoisotopic (exact) mass is 275 g/mol. The Morgan fingerprint density at radius 3 is 2.35 bits per heavy atom. The van der Waals surface area contributed by atoms with Crippen molar-refractivity contribution < 1.29 is 8.42 Å². The summed E-state index contributed by atoms with van der Waals surface area (Å²) in [5, 5.41) is 3.33. The third-order valence-electron chi connectivity index (χ3n) is 2.46. The molecule has 0 saturated carbocycles. The maximum absolute atomic E-state index is 11.6. The van der Waals surface area contributed by atoms with Crippen molar-refractivity contribution in [2.75, 3.05) is 17.6 Å². The molecule has 1 aromatic rings. The molecule has 0 heterocycles. The lowest BCUT2D eigenvalue weighted by atomic mass is 10.3. The van der Waals surface area contributed by atoms with Crippen molar-refractivity contribution in [1.82, 2.24) is 0 Å². The van der Waals surface area contributed by atoms with Crippen molar-refractivity contribution in [2.24, 2.45) is 0 Å². The molecule has 0 amide bonds. The zero-order valence-corrected chi connectivity index (χ0v) is 11.7. The fourth-order valence-corrected chi connectivity index (χ4v) is 2.36. The first kappa shape index (κ1) is 14.3. The third-order valence-corrected chi connectivity index (χ3v) is 4.43. The van der Waals surface area contributed by atoms with E-state index in [0.717, 1.165) is 18.7 Å². The highest BCUT2D eigenvalue weighted by Gasteiger charge is 2.10. The summed E-state index contributed by atoms with van der Waals surface area (Å²) in [6.07, 6.45) is 0.872. The first-order valence-corrected chi connectivity index (χ1v) is 7.75. The number of rotatable bonds is 6. The number of anilines is 1. The molecule has 0 radical (unpaired) electrons. The van der Waals surface area contributed by atoms with Gasteiger partial charge in [0.15, 0.2) is 9.84 Å². The van der Waals surface area contributed by atoms with E-state index < -0.39 is 9.84 Å². The standard InChI is InChI=1S/C12H18ClNO2S/c1-3-17(15,16)12-6-4-11(5-7-12)14-9-8-10(2)13/h4-7,10,14H,3,8-9H2,1-2H3. The molecule has 5 heteroatoms. The average molecular weight is 276 g/mol. The summed E-state index contributed by atoms with van der Waals surface area (Å²) in [5.41, 5.74) is 0.914. The van der Waals surface area contributed by atoms with Crippen molar-refractivity contribution in [3.05, 3.63) is 24.3 Å². The van der Waals surface area contributed by atoms with Gasteiger partial charge in [-0.25, -0.2) is 8.42 Å². The molecule has 0 bridgehead atoms. The van der Waals surface area contributed by atoms with Crippen LogP contribution in [0.1, 0.15) is 20.3 Å². The van der Waals surface area contributed by atoms with Crippen molar-refractivity contribution in [3.8, 4) is 0 Å². The zero-order chi connectivity index (χ0) is 12.9. The van der Waals surface area contributed by atoms with Gasteiger partial charge in [0.25, 0.3) is 0 Å². The molecule has 1 rings (SSSR count).